The monoisotopic (exact) mass is 751 g/mol. The molecule has 1 fully saturated rings. The summed E-state index contributed by atoms with van der Waals surface area (Å²) in [5.74, 6) is 1.46. The predicted octanol–water partition coefficient (Wildman–Crippen LogP) is 10.1. The Kier molecular flexibility index (Phi) is 21.8. The molecule has 3 rings (SSSR count). The maximum absolute atomic E-state index is 14.6. The Labute approximate surface area is 312 Å². The molecule has 2 aromatic rings. The average Bonchev–Trinajstić information content (AvgIpc) is 3.09. The number of urea groups is 1. The smallest absolute Gasteiger partial charge is 0.406 e. The minimum absolute atomic E-state index is 0.0534. The summed E-state index contributed by atoms with van der Waals surface area (Å²) in [5.41, 5.74) is 5.13. The standard InChI is InChI=1S/C20H34FN5O2S.C11H16.C8H7F3O/c1-5-7-10-23-19(22-4)26-11-8-16(9-12-26)18(21)13-24-20(28)25-15(3)29-14-17(27)6-2;1-8(2)11-6-5-9(3)7-10(11)4;1-6-2-4-7(5-3-6)12-8(9,10)11/h10,16,18H,5-9,11-14H2,1-4H3,(H,24,28);5-8H,1-4H3;2-5H,1H3/b22-19?,23-10-,25-15-;;. The van der Waals surface area contributed by atoms with Gasteiger partial charge in [0.15, 0.2) is 0 Å². The first-order chi connectivity index (χ1) is 24.5. The second kappa shape index (κ2) is 24.5. The van der Waals surface area contributed by atoms with Gasteiger partial charge in [-0.25, -0.2) is 14.2 Å². The topological polar surface area (TPSA) is 95.7 Å². The molecule has 1 heterocycles. The van der Waals surface area contributed by atoms with Gasteiger partial charge in [0.25, 0.3) is 0 Å². The van der Waals surface area contributed by atoms with Crippen molar-refractivity contribution in [3.8, 4) is 5.75 Å². The van der Waals surface area contributed by atoms with Crippen LogP contribution in [0.25, 0.3) is 0 Å². The Morgan fingerprint density at radius 1 is 1.04 bits per heavy atom. The number of piperidine rings is 1. The fourth-order valence-electron chi connectivity index (χ4n) is 5.08. The lowest BCUT2D eigenvalue weighted by Gasteiger charge is -2.33. The number of carbonyl (C=O) groups excluding carboxylic acids is 2. The number of rotatable bonds is 10. The lowest BCUT2D eigenvalue weighted by atomic mass is 9.92. The Balaban J connectivity index is 0.000000476. The summed E-state index contributed by atoms with van der Waals surface area (Å²) in [6.07, 6.45) is -0.0419. The lowest BCUT2D eigenvalue weighted by molar-refractivity contribution is -0.274. The van der Waals surface area contributed by atoms with Gasteiger partial charge >= 0.3 is 12.4 Å². The normalized spacial score (nSPS) is 14.7. The summed E-state index contributed by atoms with van der Waals surface area (Å²) in [7, 11) is 1.72. The molecule has 1 unspecified atom stereocenters. The SMILES string of the molecule is CCC/C=N\C(=NC)N1CCC(C(F)CNC(=O)/N=C(/C)SCC(=O)CC)CC1.Cc1ccc(C(C)C)c(C)c1.Cc1ccc(OC(F)(F)F)cc1. The molecule has 1 atom stereocenters. The van der Waals surface area contributed by atoms with Crippen LogP contribution < -0.4 is 10.1 Å². The number of hydrogen-bond donors (Lipinski definition) is 1. The van der Waals surface area contributed by atoms with Crippen LogP contribution in [0.4, 0.5) is 22.4 Å². The zero-order valence-corrected chi connectivity index (χ0v) is 33.0. The van der Waals surface area contributed by atoms with Crippen molar-refractivity contribution in [3.63, 3.8) is 0 Å². The number of Topliss-reactive ketones (excluding diaryl/α,β-unsaturated/α-hetero) is 1. The zero-order valence-electron chi connectivity index (χ0n) is 32.1. The van der Waals surface area contributed by atoms with Crippen LogP contribution in [0.3, 0.4) is 0 Å². The van der Waals surface area contributed by atoms with E-state index in [-0.39, 0.29) is 24.0 Å². The quantitative estimate of drug-likeness (QED) is 0.148. The third-order valence-corrected chi connectivity index (χ3v) is 8.98. The van der Waals surface area contributed by atoms with Crippen molar-refractivity contribution in [2.24, 2.45) is 20.9 Å². The van der Waals surface area contributed by atoms with Crippen LogP contribution in [0, 0.1) is 26.7 Å². The number of nitrogens with one attached hydrogen (secondary N) is 1. The number of aryl methyl sites for hydroxylation is 3. The van der Waals surface area contributed by atoms with Crippen molar-refractivity contribution in [1.82, 2.24) is 10.2 Å². The average molecular weight is 752 g/mol. The lowest BCUT2D eigenvalue weighted by Crippen LogP contribution is -2.42. The van der Waals surface area contributed by atoms with E-state index in [0.29, 0.717) is 55.0 Å². The van der Waals surface area contributed by atoms with Crippen molar-refractivity contribution >= 4 is 40.8 Å². The van der Waals surface area contributed by atoms with Gasteiger partial charge in [0.05, 0.1) is 17.3 Å². The first kappa shape index (κ1) is 46.3. The highest BCUT2D eigenvalue weighted by molar-refractivity contribution is 8.14. The number of ether oxygens (including phenoxy) is 1. The molecule has 0 bridgehead atoms. The van der Waals surface area contributed by atoms with Crippen LogP contribution >= 0.6 is 11.8 Å². The number of ketones is 1. The number of likely N-dealkylation sites (tertiary alicyclic amines) is 1. The van der Waals surface area contributed by atoms with Gasteiger partial charge in [0, 0.05) is 32.8 Å². The van der Waals surface area contributed by atoms with Gasteiger partial charge < -0.3 is 15.0 Å². The number of thioether (sulfide) groups is 1. The van der Waals surface area contributed by atoms with Gasteiger partial charge in [-0.2, -0.15) is 4.99 Å². The van der Waals surface area contributed by atoms with Crippen LogP contribution in [0.15, 0.2) is 57.4 Å². The molecule has 2 aromatic carbocycles. The van der Waals surface area contributed by atoms with E-state index in [1.165, 1.54) is 40.6 Å². The number of halogens is 4. The Morgan fingerprint density at radius 2 is 1.65 bits per heavy atom. The van der Waals surface area contributed by atoms with E-state index in [1.807, 2.05) is 6.21 Å². The van der Waals surface area contributed by atoms with Crippen molar-refractivity contribution in [2.45, 2.75) is 106 Å². The molecule has 290 valence electrons. The van der Waals surface area contributed by atoms with Crippen LogP contribution in [0.5, 0.6) is 5.75 Å². The summed E-state index contributed by atoms with van der Waals surface area (Å²) in [6.45, 7) is 17.5. The summed E-state index contributed by atoms with van der Waals surface area (Å²) < 4.78 is 53.1. The molecule has 52 heavy (non-hydrogen) atoms. The van der Waals surface area contributed by atoms with E-state index >= 15 is 0 Å². The fraction of sp³-hybridized carbons (Fsp3) is 0.564. The minimum Gasteiger partial charge on any atom is -0.406 e. The first-order valence-corrected chi connectivity index (χ1v) is 18.7. The summed E-state index contributed by atoms with van der Waals surface area (Å²) in [6, 6.07) is 11.8. The number of alkyl halides is 4. The predicted molar refractivity (Wildman–Crippen MR) is 208 cm³/mol. The third-order valence-electron chi connectivity index (χ3n) is 8.00. The molecule has 1 N–H and O–H groups in total. The molecule has 13 heteroatoms. The molecule has 1 saturated heterocycles. The molecule has 0 aromatic heterocycles. The number of guanidine groups is 1. The third kappa shape index (κ3) is 19.8. The van der Waals surface area contributed by atoms with Crippen LogP contribution in [-0.2, 0) is 4.79 Å². The van der Waals surface area contributed by atoms with Gasteiger partial charge in [0.1, 0.15) is 17.7 Å². The Bertz CT molecular complexity index is 1450. The highest BCUT2D eigenvalue weighted by Gasteiger charge is 2.31. The molecule has 0 saturated carbocycles. The van der Waals surface area contributed by atoms with Gasteiger partial charge in [-0.15, -0.1) is 24.9 Å². The summed E-state index contributed by atoms with van der Waals surface area (Å²) >= 11 is 1.23. The van der Waals surface area contributed by atoms with Crippen LogP contribution in [0.1, 0.15) is 94.9 Å². The molecule has 8 nitrogen and oxygen atoms in total. The highest BCUT2D eigenvalue weighted by Crippen LogP contribution is 2.24. The number of benzene rings is 2. The second-order valence-corrected chi connectivity index (χ2v) is 14.0. The van der Waals surface area contributed by atoms with E-state index in [0.717, 1.165) is 18.4 Å². The van der Waals surface area contributed by atoms with Crippen LogP contribution in [0.2, 0.25) is 0 Å². The van der Waals surface area contributed by atoms with E-state index < -0.39 is 18.6 Å². The number of aliphatic imine (C=N–C) groups is 3. The van der Waals surface area contributed by atoms with Crippen LogP contribution in [-0.4, -0.2) is 78.9 Å². The summed E-state index contributed by atoms with van der Waals surface area (Å²) in [5, 5.41) is 3.03. The molecule has 0 radical (unpaired) electrons. The molecule has 1 aliphatic heterocycles. The fourth-order valence-corrected chi connectivity index (χ4v) is 5.81. The van der Waals surface area contributed by atoms with Gasteiger partial charge in [-0.05, 0) is 82.1 Å². The van der Waals surface area contributed by atoms with Gasteiger partial charge in [-0.1, -0.05) is 75.6 Å². The van der Waals surface area contributed by atoms with E-state index in [4.69, 9.17) is 0 Å². The van der Waals surface area contributed by atoms with E-state index in [9.17, 15) is 27.2 Å². The molecule has 0 spiro atoms. The van der Waals surface area contributed by atoms with E-state index in [2.05, 4.69) is 82.7 Å². The molecular formula is C39H57F4N5O3S. The maximum Gasteiger partial charge on any atom is 0.573 e. The summed E-state index contributed by atoms with van der Waals surface area (Å²) in [4.78, 5) is 37.7. The molecule has 1 aliphatic rings. The Morgan fingerprint density at radius 3 is 2.17 bits per heavy atom. The van der Waals surface area contributed by atoms with Gasteiger partial charge in [0.2, 0.25) is 5.96 Å². The number of nitrogens with zero attached hydrogens (tertiary/aromatic N) is 4. The Hall–Kier alpha value is -3.74. The second-order valence-electron chi connectivity index (χ2n) is 12.8. The largest absolute Gasteiger partial charge is 0.573 e. The molecule has 0 aliphatic carbocycles. The number of carbonyl (C=O) groups is 2. The highest BCUT2D eigenvalue weighted by atomic mass is 32.2. The first-order valence-electron chi connectivity index (χ1n) is 17.7. The van der Waals surface area contributed by atoms with Crippen molar-refractivity contribution in [3.05, 3.63) is 64.7 Å². The van der Waals surface area contributed by atoms with Gasteiger partial charge in [-0.3, -0.25) is 9.79 Å². The maximum atomic E-state index is 14.6. The molecule has 2 amide bonds. The van der Waals surface area contributed by atoms with Crippen molar-refractivity contribution < 1.29 is 31.9 Å². The number of amides is 2. The van der Waals surface area contributed by atoms with Crippen molar-refractivity contribution in [2.75, 3.05) is 32.4 Å². The van der Waals surface area contributed by atoms with E-state index in [1.54, 1.807) is 40.0 Å². The van der Waals surface area contributed by atoms with Crippen molar-refractivity contribution in [1.29, 1.82) is 0 Å². The molecular weight excluding hydrogens is 695 g/mol. The zero-order chi connectivity index (χ0) is 39.3. The number of unbranched alkanes of at least 4 members (excludes halogenated alkanes) is 1. The minimum atomic E-state index is -4.60. The number of hydrogen-bond acceptors (Lipinski definition) is 5.